The van der Waals surface area contributed by atoms with E-state index in [4.69, 9.17) is 16.6 Å². The highest BCUT2D eigenvalue weighted by atomic mass is 35.5. The number of halogens is 4. The molecule has 0 aliphatic carbocycles. The molecule has 1 saturated heterocycles. The van der Waals surface area contributed by atoms with Crippen molar-refractivity contribution in [3.05, 3.63) is 130 Å². The molecule has 5 nitrogen and oxygen atoms in total. The number of aryl methyl sites for hydroxylation is 1. The second-order valence-corrected chi connectivity index (χ2v) is 11.0. The van der Waals surface area contributed by atoms with E-state index in [1.54, 1.807) is 30.9 Å². The van der Waals surface area contributed by atoms with Crippen LogP contribution in [0.5, 0.6) is 0 Å². The lowest BCUT2D eigenvalue weighted by atomic mass is 10.0. The van der Waals surface area contributed by atoms with E-state index in [9.17, 15) is 18.0 Å². The molecule has 2 heterocycles. The van der Waals surface area contributed by atoms with Crippen LogP contribution in [-0.4, -0.2) is 55.0 Å². The van der Waals surface area contributed by atoms with Crippen LogP contribution in [-0.2, 0) is 4.79 Å². The second-order valence-electron chi connectivity index (χ2n) is 9.52. The van der Waals surface area contributed by atoms with Crippen LogP contribution in [0.15, 0.2) is 124 Å². The zero-order valence-electron chi connectivity index (χ0n) is 26.4. The minimum Gasteiger partial charge on any atom is -0.348 e. The molecule has 0 radical (unpaired) electrons. The van der Waals surface area contributed by atoms with Crippen LogP contribution in [0.2, 0.25) is 5.02 Å². The van der Waals surface area contributed by atoms with Gasteiger partial charge in [-0.15, -0.1) is 0 Å². The lowest BCUT2D eigenvalue weighted by molar-refractivity contribution is -0.117. The fraction of sp³-hybridized carbons (Fsp3) is 0.286. The Kier molecular flexibility index (Phi) is 19.0. The third-order valence-corrected chi connectivity index (χ3v) is 7.00. The highest BCUT2D eigenvalue weighted by Gasteiger charge is 2.36. The molecule has 1 unspecified atom stereocenters. The number of thioether (sulfide) groups is 1. The van der Waals surface area contributed by atoms with E-state index >= 15 is 0 Å². The standard InChI is InChI=1S/C20H26N4OS.C7H8.C6H4ClF.C2H4F2/c1-6-9-17(21-5)16-12-22-20(14(4)26-10-7-2)24-13-15(11-18(16)24)23-19(25)8-3;1-7-5-3-2-4-6-7;7-5-2-1-3-6(8)4-5;1-2(3)4/h6-10,15H,3-4,11-13H2,1-2,5H3,(H,23,25);2-6H,1H3;1-4H;2H,1H3/b9-6-,10-7-,21-17?;;;. The summed E-state index contributed by atoms with van der Waals surface area (Å²) < 4.78 is 32.7. The van der Waals surface area contributed by atoms with Gasteiger partial charge in [0.25, 0.3) is 0 Å². The summed E-state index contributed by atoms with van der Waals surface area (Å²) in [5.41, 5.74) is 4.51. The first-order valence-corrected chi connectivity index (χ1v) is 15.5. The number of allylic oxidation sites excluding steroid dienone is 3. The van der Waals surface area contributed by atoms with Gasteiger partial charge < -0.3 is 10.2 Å². The van der Waals surface area contributed by atoms with Crippen molar-refractivity contribution in [1.29, 1.82) is 0 Å². The fourth-order valence-corrected chi connectivity index (χ4v) is 4.82. The molecule has 2 aromatic carbocycles. The van der Waals surface area contributed by atoms with E-state index in [-0.39, 0.29) is 17.8 Å². The molecule has 0 spiro atoms. The minimum atomic E-state index is -2.17. The van der Waals surface area contributed by atoms with Crippen molar-refractivity contribution in [2.75, 3.05) is 20.1 Å². The van der Waals surface area contributed by atoms with Gasteiger partial charge in [-0.3, -0.25) is 14.8 Å². The average molecular weight is 659 g/mol. The molecule has 2 aromatic rings. The van der Waals surface area contributed by atoms with Crippen LogP contribution in [0, 0.1) is 12.7 Å². The number of amides is 1. The van der Waals surface area contributed by atoms with E-state index in [1.807, 2.05) is 55.7 Å². The molecule has 1 N–H and O–H groups in total. The number of hydrogen-bond donors (Lipinski definition) is 1. The highest BCUT2D eigenvalue weighted by Crippen LogP contribution is 2.33. The van der Waals surface area contributed by atoms with E-state index in [0.717, 1.165) is 41.1 Å². The maximum atomic E-state index is 12.1. The van der Waals surface area contributed by atoms with Crippen LogP contribution in [0.3, 0.4) is 0 Å². The van der Waals surface area contributed by atoms with Crippen molar-refractivity contribution in [2.24, 2.45) is 9.98 Å². The predicted octanol–water partition coefficient (Wildman–Crippen LogP) is 9.20. The molecule has 4 rings (SSSR count). The Bertz CT molecular complexity index is 1380. The van der Waals surface area contributed by atoms with Crippen molar-refractivity contribution in [3.8, 4) is 0 Å². The molecule has 10 heteroatoms. The Hall–Kier alpha value is -3.82. The van der Waals surface area contributed by atoms with Crippen molar-refractivity contribution in [2.45, 2.75) is 46.6 Å². The van der Waals surface area contributed by atoms with Gasteiger partial charge in [-0.05, 0) is 63.5 Å². The first-order chi connectivity index (χ1) is 21.5. The van der Waals surface area contributed by atoms with Gasteiger partial charge in [0.2, 0.25) is 12.3 Å². The summed E-state index contributed by atoms with van der Waals surface area (Å²) in [7, 11) is 1.79. The van der Waals surface area contributed by atoms with Gasteiger partial charge in [0.05, 0.1) is 18.3 Å². The molecule has 2 aliphatic heterocycles. The van der Waals surface area contributed by atoms with E-state index in [2.05, 4.69) is 47.4 Å². The maximum Gasteiger partial charge on any atom is 0.243 e. The number of rotatable bonds is 7. The summed E-state index contributed by atoms with van der Waals surface area (Å²) in [5.74, 6) is 0.422. The molecule has 45 heavy (non-hydrogen) atoms. The number of alkyl halides is 2. The maximum absolute atomic E-state index is 12.1. The quantitative estimate of drug-likeness (QED) is 0.238. The lowest BCUT2D eigenvalue weighted by Crippen LogP contribution is -2.38. The molecule has 0 aromatic heterocycles. The zero-order chi connectivity index (χ0) is 33.8. The van der Waals surface area contributed by atoms with E-state index < -0.39 is 6.43 Å². The van der Waals surface area contributed by atoms with Crippen LogP contribution in [0.25, 0.3) is 0 Å². The Balaban J connectivity index is 0.000000426. The van der Waals surface area contributed by atoms with Crippen LogP contribution in [0.1, 0.15) is 32.8 Å². The average Bonchev–Trinajstić information content (AvgIpc) is 3.42. The molecule has 0 saturated carbocycles. The molecule has 242 valence electrons. The summed E-state index contributed by atoms with van der Waals surface area (Å²) in [6.07, 6.45) is 5.84. The molecule has 1 fully saturated rings. The molecule has 0 bridgehead atoms. The summed E-state index contributed by atoms with van der Waals surface area (Å²) in [6.45, 7) is 15.8. The summed E-state index contributed by atoms with van der Waals surface area (Å²) in [5, 5.41) is 5.43. The van der Waals surface area contributed by atoms with Crippen molar-refractivity contribution < 1.29 is 18.0 Å². The molecular formula is C35H42ClF3N4OS. The highest BCUT2D eigenvalue weighted by molar-refractivity contribution is 8.06. The van der Waals surface area contributed by atoms with E-state index in [0.29, 0.717) is 18.1 Å². The SMILES string of the molecule is C=CC(=O)NC1CC2=C(C(/C=C\C)=NC)CN=C(C(=C)S/C=C\C)N2C1.CC(F)F.Cc1ccccc1.Fc1cccc(Cl)c1. The number of nitrogens with one attached hydrogen (secondary N) is 1. The minimum absolute atomic E-state index is 0.0111. The number of benzene rings is 2. The normalized spacial score (nSPS) is 15.7. The number of fused-ring (bicyclic) bond motifs is 1. The Morgan fingerprint density at radius 1 is 1.18 bits per heavy atom. The lowest BCUT2D eigenvalue weighted by Gasteiger charge is -2.29. The molecule has 1 atom stereocenters. The number of nitrogens with zero attached hydrogens (tertiary/aromatic N) is 3. The summed E-state index contributed by atoms with van der Waals surface area (Å²) in [4.78, 5) is 24.0. The first-order valence-electron chi connectivity index (χ1n) is 14.2. The Labute approximate surface area is 275 Å². The summed E-state index contributed by atoms with van der Waals surface area (Å²) >= 11 is 6.96. The number of carbonyl (C=O) groups is 1. The van der Waals surface area contributed by atoms with Gasteiger partial charge in [0.1, 0.15) is 11.7 Å². The second kappa shape index (κ2) is 21.8. The van der Waals surface area contributed by atoms with Gasteiger partial charge in [0, 0.05) is 41.2 Å². The number of aliphatic imine (C=N–C) groups is 2. The van der Waals surface area contributed by atoms with Gasteiger partial charge in [-0.1, -0.05) is 90.6 Å². The Morgan fingerprint density at radius 2 is 1.84 bits per heavy atom. The van der Waals surface area contributed by atoms with Crippen molar-refractivity contribution in [3.63, 3.8) is 0 Å². The molecular weight excluding hydrogens is 617 g/mol. The topological polar surface area (TPSA) is 57.1 Å². The van der Waals surface area contributed by atoms with Gasteiger partial charge >= 0.3 is 0 Å². The largest absolute Gasteiger partial charge is 0.348 e. The monoisotopic (exact) mass is 658 g/mol. The van der Waals surface area contributed by atoms with E-state index in [1.165, 1.54) is 23.8 Å². The number of carbonyl (C=O) groups excluding carboxylic acids is 1. The van der Waals surface area contributed by atoms with Crippen molar-refractivity contribution in [1.82, 2.24) is 10.2 Å². The molecule has 2 aliphatic rings. The number of hydrogen-bond acceptors (Lipinski definition) is 5. The smallest absolute Gasteiger partial charge is 0.243 e. The van der Waals surface area contributed by atoms with Crippen molar-refractivity contribution >= 4 is 40.8 Å². The van der Waals surface area contributed by atoms with Gasteiger partial charge in [0.15, 0.2) is 0 Å². The van der Waals surface area contributed by atoms with Crippen LogP contribution >= 0.6 is 23.4 Å². The Morgan fingerprint density at radius 3 is 2.31 bits per heavy atom. The van der Waals surface area contributed by atoms with Crippen LogP contribution < -0.4 is 5.32 Å². The van der Waals surface area contributed by atoms with Crippen LogP contribution in [0.4, 0.5) is 13.2 Å². The fourth-order valence-electron chi connectivity index (χ4n) is 4.06. The first kappa shape index (κ1) is 39.2. The third kappa shape index (κ3) is 15.1. The predicted molar refractivity (Wildman–Crippen MR) is 187 cm³/mol. The summed E-state index contributed by atoms with van der Waals surface area (Å²) in [6, 6.07) is 16.1. The van der Waals surface area contributed by atoms with Gasteiger partial charge in [-0.25, -0.2) is 13.2 Å². The molecule has 1 amide bonds. The third-order valence-electron chi connectivity index (χ3n) is 5.89. The van der Waals surface area contributed by atoms with Gasteiger partial charge in [-0.2, -0.15) is 0 Å². The number of amidine groups is 1. The zero-order valence-corrected chi connectivity index (χ0v) is 28.0.